The first kappa shape index (κ1) is 15.7. The van der Waals surface area contributed by atoms with E-state index < -0.39 is 0 Å². The fourth-order valence-corrected chi connectivity index (χ4v) is 1.51. The van der Waals surface area contributed by atoms with Gasteiger partial charge in [-0.05, 0) is 5.92 Å². The molecule has 0 heterocycles. The summed E-state index contributed by atoms with van der Waals surface area (Å²) in [5.41, 5.74) is 0. The molecule has 0 aromatic rings. The Morgan fingerprint density at radius 2 is 1.23 bits per heavy atom. The first-order chi connectivity index (χ1) is 5.77. The van der Waals surface area contributed by atoms with Crippen LogP contribution in [0.4, 0.5) is 0 Å². The molecule has 0 aliphatic heterocycles. The van der Waals surface area contributed by atoms with Gasteiger partial charge in [-0.15, -0.1) is 12.4 Å². The van der Waals surface area contributed by atoms with Crippen LogP contribution < -0.4 is 0 Å². The quantitative estimate of drug-likeness (QED) is 0.479. The number of unbranched alkanes of at least 4 members (excludes halogenated alkanes) is 6. The third-order valence-corrected chi connectivity index (χ3v) is 2.39. The Morgan fingerprint density at radius 1 is 0.769 bits per heavy atom. The molecule has 0 aromatic heterocycles. The van der Waals surface area contributed by atoms with Gasteiger partial charge >= 0.3 is 0 Å². The highest BCUT2D eigenvalue weighted by Crippen LogP contribution is 2.11. The Morgan fingerprint density at radius 3 is 1.69 bits per heavy atom. The van der Waals surface area contributed by atoms with Gasteiger partial charge in [0.2, 0.25) is 0 Å². The van der Waals surface area contributed by atoms with Crippen LogP contribution >= 0.6 is 12.4 Å². The van der Waals surface area contributed by atoms with E-state index in [4.69, 9.17) is 0 Å². The van der Waals surface area contributed by atoms with E-state index in [9.17, 15) is 0 Å². The van der Waals surface area contributed by atoms with E-state index in [-0.39, 0.29) is 12.4 Å². The van der Waals surface area contributed by atoms with Crippen LogP contribution in [0.25, 0.3) is 0 Å². The molecule has 0 bridgehead atoms. The lowest BCUT2D eigenvalue weighted by molar-refractivity contribution is 0.511. The largest absolute Gasteiger partial charge is 0.147 e. The molecule has 1 heteroatoms. The van der Waals surface area contributed by atoms with E-state index in [1.807, 2.05) is 0 Å². The highest BCUT2D eigenvalue weighted by atomic mass is 35.5. The Balaban J connectivity index is 0. The molecule has 0 aromatic carbocycles. The SMILES string of the molecule is CCCCCCCCCC(C)C.Cl. The van der Waals surface area contributed by atoms with Crippen molar-refractivity contribution in [2.24, 2.45) is 5.92 Å². The van der Waals surface area contributed by atoms with E-state index in [2.05, 4.69) is 20.8 Å². The van der Waals surface area contributed by atoms with Crippen molar-refractivity contribution in [2.75, 3.05) is 0 Å². The minimum absolute atomic E-state index is 0. The van der Waals surface area contributed by atoms with Crippen LogP contribution in [-0.4, -0.2) is 0 Å². The monoisotopic (exact) mass is 206 g/mol. The van der Waals surface area contributed by atoms with Crippen LogP contribution in [0, 0.1) is 5.92 Å². The number of rotatable bonds is 8. The molecule has 0 fully saturated rings. The Hall–Kier alpha value is 0.290. The van der Waals surface area contributed by atoms with Gasteiger partial charge < -0.3 is 0 Å². The van der Waals surface area contributed by atoms with Gasteiger partial charge in [0.15, 0.2) is 0 Å². The van der Waals surface area contributed by atoms with Crippen LogP contribution in [0.15, 0.2) is 0 Å². The second-order valence-electron chi connectivity index (χ2n) is 4.30. The Labute approximate surface area is 90.9 Å². The summed E-state index contributed by atoms with van der Waals surface area (Å²) in [7, 11) is 0. The first-order valence-corrected chi connectivity index (χ1v) is 5.77. The lowest BCUT2D eigenvalue weighted by atomic mass is 10.0. The van der Waals surface area contributed by atoms with Crippen molar-refractivity contribution in [3.8, 4) is 0 Å². The Kier molecular flexibility index (Phi) is 14.9. The van der Waals surface area contributed by atoms with Crippen molar-refractivity contribution in [2.45, 2.75) is 72.1 Å². The van der Waals surface area contributed by atoms with Crippen molar-refractivity contribution >= 4 is 12.4 Å². The lowest BCUT2D eigenvalue weighted by Crippen LogP contribution is -1.87. The maximum absolute atomic E-state index is 2.32. The molecule has 0 saturated heterocycles. The minimum atomic E-state index is 0. The highest BCUT2D eigenvalue weighted by Gasteiger charge is 1.93. The fraction of sp³-hybridized carbons (Fsp3) is 1.00. The van der Waals surface area contributed by atoms with E-state index in [0.717, 1.165) is 5.92 Å². The van der Waals surface area contributed by atoms with Crippen molar-refractivity contribution in [1.29, 1.82) is 0 Å². The summed E-state index contributed by atoms with van der Waals surface area (Å²) in [6, 6.07) is 0. The van der Waals surface area contributed by atoms with Crippen LogP contribution in [0.3, 0.4) is 0 Å². The number of halogens is 1. The third kappa shape index (κ3) is 15.1. The molecular formula is C12H27Cl. The molecule has 0 rings (SSSR count). The van der Waals surface area contributed by atoms with E-state index in [1.54, 1.807) is 0 Å². The summed E-state index contributed by atoms with van der Waals surface area (Å²) in [5.74, 6) is 0.903. The van der Waals surface area contributed by atoms with Crippen LogP contribution in [-0.2, 0) is 0 Å². The van der Waals surface area contributed by atoms with Gasteiger partial charge in [-0.25, -0.2) is 0 Å². The second kappa shape index (κ2) is 12.3. The van der Waals surface area contributed by atoms with E-state index >= 15 is 0 Å². The predicted octanol–water partition coefficient (Wildman–Crippen LogP) is 5.20. The summed E-state index contributed by atoms with van der Waals surface area (Å²) in [5, 5.41) is 0. The zero-order chi connectivity index (χ0) is 9.23. The molecule has 0 amide bonds. The van der Waals surface area contributed by atoms with E-state index in [1.165, 1.54) is 51.4 Å². The van der Waals surface area contributed by atoms with Gasteiger partial charge in [-0.1, -0.05) is 72.1 Å². The Bertz CT molecular complexity index is 79.2. The molecule has 0 aliphatic carbocycles. The highest BCUT2D eigenvalue weighted by molar-refractivity contribution is 5.85. The lowest BCUT2D eigenvalue weighted by Gasteiger charge is -2.03. The first-order valence-electron chi connectivity index (χ1n) is 5.77. The fourth-order valence-electron chi connectivity index (χ4n) is 1.51. The average Bonchev–Trinajstić information content (AvgIpc) is 2.02. The third-order valence-electron chi connectivity index (χ3n) is 2.39. The molecule has 82 valence electrons. The smallest absolute Gasteiger partial charge is 0.0471 e. The number of hydrogen-bond donors (Lipinski definition) is 0. The summed E-state index contributed by atoms with van der Waals surface area (Å²) >= 11 is 0. The summed E-state index contributed by atoms with van der Waals surface area (Å²) in [4.78, 5) is 0. The molecule has 0 radical (unpaired) electrons. The molecule has 0 nitrogen and oxygen atoms in total. The predicted molar refractivity (Wildman–Crippen MR) is 64.7 cm³/mol. The molecule has 0 atom stereocenters. The summed E-state index contributed by atoms with van der Waals surface area (Å²) in [6.45, 7) is 6.91. The second-order valence-corrected chi connectivity index (χ2v) is 4.30. The molecule has 0 saturated carbocycles. The number of hydrogen-bond acceptors (Lipinski definition) is 0. The van der Waals surface area contributed by atoms with Crippen molar-refractivity contribution in [1.82, 2.24) is 0 Å². The van der Waals surface area contributed by atoms with Crippen molar-refractivity contribution < 1.29 is 0 Å². The van der Waals surface area contributed by atoms with Crippen LogP contribution in [0.5, 0.6) is 0 Å². The zero-order valence-electron chi connectivity index (χ0n) is 9.64. The van der Waals surface area contributed by atoms with Gasteiger partial charge in [0, 0.05) is 0 Å². The standard InChI is InChI=1S/C12H26.ClH/c1-4-5-6-7-8-9-10-11-12(2)3;/h12H,4-11H2,1-3H3;1H. The van der Waals surface area contributed by atoms with Gasteiger partial charge in [0.05, 0.1) is 0 Å². The molecular weight excluding hydrogens is 180 g/mol. The van der Waals surface area contributed by atoms with Crippen molar-refractivity contribution in [3.63, 3.8) is 0 Å². The normalized spacial score (nSPS) is 10.2. The van der Waals surface area contributed by atoms with Crippen molar-refractivity contribution in [3.05, 3.63) is 0 Å². The molecule has 0 unspecified atom stereocenters. The van der Waals surface area contributed by atoms with Gasteiger partial charge in [0.1, 0.15) is 0 Å². The average molecular weight is 207 g/mol. The minimum Gasteiger partial charge on any atom is -0.147 e. The summed E-state index contributed by atoms with van der Waals surface area (Å²) < 4.78 is 0. The zero-order valence-corrected chi connectivity index (χ0v) is 10.5. The maximum Gasteiger partial charge on any atom is -0.0471 e. The van der Waals surface area contributed by atoms with Crippen LogP contribution in [0.2, 0.25) is 0 Å². The molecule has 0 N–H and O–H groups in total. The molecule has 0 aliphatic rings. The topological polar surface area (TPSA) is 0 Å². The molecule has 0 spiro atoms. The maximum atomic E-state index is 2.32. The summed E-state index contributed by atoms with van der Waals surface area (Å²) in [6.07, 6.45) is 11.5. The van der Waals surface area contributed by atoms with E-state index in [0.29, 0.717) is 0 Å². The van der Waals surface area contributed by atoms with Crippen LogP contribution in [0.1, 0.15) is 72.1 Å². The van der Waals surface area contributed by atoms with Gasteiger partial charge in [-0.3, -0.25) is 0 Å². The van der Waals surface area contributed by atoms with Gasteiger partial charge in [-0.2, -0.15) is 0 Å². The molecule has 13 heavy (non-hydrogen) atoms. The van der Waals surface area contributed by atoms with Gasteiger partial charge in [0.25, 0.3) is 0 Å².